The largest absolute Gasteiger partial charge is 0.378 e. The Bertz CT molecular complexity index is 860. The van der Waals surface area contributed by atoms with Gasteiger partial charge in [0.2, 0.25) is 5.91 Å². The lowest BCUT2D eigenvalue weighted by Crippen LogP contribution is -2.36. The van der Waals surface area contributed by atoms with Crippen LogP contribution in [0.25, 0.3) is 6.08 Å². The van der Waals surface area contributed by atoms with Crippen molar-refractivity contribution in [2.75, 3.05) is 31.2 Å². The minimum atomic E-state index is -0.719. The summed E-state index contributed by atoms with van der Waals surface area (Å²) in [5, 5.41) is 2.73. The maximum absolute atomic E-state index is 14.1. The number of anilines is 1. The number of hydrogen-bond donors (Lipinski definition) is 1. The van der Waals surface area contributed by atoms with Crippen LogP contribution < -0.4 is 10.2 Å². The smallest absolute Gasteiger partial charge is 0.244 e. The quantitative estimate of drug-likeness (QED) is 0.789. The van der Waals surface area contributed by atoms with Crippen molar-refractivity contribution in [3.05, 3.63) is 71.1 Å². The number of halogens is 3. The fourth-order valence-electron chi connectivity index (χ4n) is 3.04. The minimum absolute atomic E-state index is 0.237. The van der Waals surface area contributed by atoms with Crippen LogP contribution in [0.15, 0.2) is 42.5 Å². The van der Waals surface area contributed by atoms with Crippen molar-refractivity contribution in [3.63, 3.8) is 0 Å². The van der Waals surface area contributed by atoms with Crippen LogP contribution in [0.1, 0.15) is 24.1 Å². The Balaban J connectivity index is 1.68. The summed E-state index contributed by atoms with van der Waals surface area (Å²) in [6.07, 6.45) is 2.51. The Morgan fingerprint density at radius 1 is 1.04 bits per heavy atom. The van der Waals surface area contributed by atoms with Crippen molar-refractivity contribution in [1.82, 2.24) is 5.32 Å². The van der Waals surface area contributed by atoms with Gasteiger partial charge in [0.1, 0.15) is 17.5 Å². The molecule has 0 aromatic heterocycles. The number of nitrogens with zero attached hydrogens (tertiary/aromatic N) is 1. The SMILES string of the molecule is CC(NC(=O)C=Cc1cc(F)cc(F)c1)c1cc(F)cc(N2CCOCC2)c1. The summed E-state index contributed by atoms with van der Waals surface area (Å²) in [6, 6.07) is 7.23. The Kier molecular flexibility index (Phi) is 6.36. The van der Waals surface area contributed by atoms with E-state index in [4.69, 9.17) is 4.74 Å². The molecule has 1 heterocycles. The molecule has 1 saturated heterocycles. The van der Waals surface area contributed by atoms with Crippen LogP contribution in [0, 0.1) is 17.5 Å². The van der Waals surface area contributed by atoms with Gasteiger partial charge in [-0.05, 0) is 54.5 Å². The molecule has 4 nitrogen and oxygen atoms in total. The lowest BCUT2D eigenvalue weighted by Gasteiger charge is -2.29. The molecule has 1 fully saturated rings. The molecule has 2 aromatic carbocycles. The second-order valence-electron chi connectivity index (χ2n) is 6.61. The average molecular weight is 390 g/mol. The topological polar surface area (TPSA) is 41.6 Å². The van der Waals surface area contributed by atoms with Crippen molar-refractivity contribution in [2.45, 2.75) is 13.0 Å². The van der Waals surface area contributed by atoms with Crippen LogP contribution in [0.2, 0.25) is 0 Å². The molecule has 0 saturated carbocycles. The summed E-state index contributed by atoms with van der Waals surface area (Å²) in [5.74, 6) is -2.27. The van der Waals surface area contributed by atoms with Gasteiger partial charge < -0.3 is 15.0 Å². The van der Waals surface area contributed by atoms with Gasteiger partial charge in [0.25, 0.3) is 0 Å². The number of hydrogen-bond acceptors (Lipinski definition) is 3. The van der Waals surface area contributed by atoms with Crippen molar-refractivity contribution >= 4 is 17.7 Å². The summed E-state index contributed by atoms with van der Waals surface area (Å²) in [7, 11) is 0. The standard InChI is InChI=1S/C21H21F3N2O2/c1-14(25-21(27)3-2-15-8-17(22)12-18(23)9-15)16-10-19(24)13-20(11-16)26-4-6-28-7-5-26/h2-3,8-14H,4-7H2,1H3,(H,25,27). The molecule has 148 valence electrons. The maximum Gasteiger partial charge on any atom is 0.244 e. The van der Waals surface area contributed by atoms with Gasteiger partial charge in [-0.3, -0.25) is 4.79 Å². The van der Waals surface area contributed by atoms with Gasteiger partial charge in [-0.1, -0.05) is 0 Å². The predicted molar refractivity (Wildman–Crippen MR) is 101 cm³/mol. The summed E-state index contributed by atoms with van der Waals surface area (Å²) in [5.41, 5.74) is 1.60. The summed E-state index contributed by atoms with van der Waals surface area (Å²) < 4.78 is 45.8. The molecular weight excluding hydrogens is 369 g/mol. The normalized spacial score (nSPS) is 15.6. The van der Waals surface area contributed by atoms with Crippen LogP contribution in [0.5, 0.6) is 0 Å². The van der Waals surface area contributed by atoms with E-state index in [0.29, 0.717) is 31.9 Å². The first-order valence-electron chi connectivity index (χ1n) is 8.98. The molecule has 2 aromatic rings. The Morgan fingerprint density at radius 2 is 1.68 bits per heavy atom. The molecule has 1 aliphatic rings. The molecule has 0 spiro atoms. The number of morpholine rings is 1. The zero-order chi connectivity index (χ0) is 20.1. The first-order chi connectivity index (χ1) is 13.4. The van der Waals surface area contributed by atoms with E-state index in [-0.39, 0.29) is 11.4 Å². The van der Waals surface area contributed by atoms with Crippen LogP contribution in [0.3, 0.4) is 0 Å². The van der Waals surface area contributed by atoms with Gasteiger partial charge in [0.05, 0.1) is 19.3 Å². The zero-order valence-electron chi connectivity index (χ0n) is 15.4. The van der Waals surface area contributed by atoms with Crippen molar-refractivity contribution in [1.29, 1.82) is 0 Å². The molecule has 1 atom stereocenters. The summed E-state index contributed by atoms with van der Waals surface area (Å²) in [6.45, 7) is 4.27. The third-order valence-electron chi connectivity index (χ3n) is 4.45. The van der Waals surface area contributed by atoms with Gasteiger partial charge in [0, 0.05) is 30.9 Å². The zero-order valence-corrected chi connectivity index (χ0v) is 15.4. The lowest BCUT2D eigenvalue weighted by molar-refractivity contribution is -0.117. The molecule has 7 heteroatoms. The Labute approximate surface area is 161 Å². The lowest BCUT2D eigenvalue weighted by atomic mass is 10.1. The van der Waals surface area contributed by atoms with Crippen molar-refractivity contribution < 1.29 is 22.7 Å². The van der Waals surface area contributed by atoms with E-state index < -0.39 is 23.6 Å². The van der Waals surface area contributed by atoms with Crippen LogP contribution >= 0.6 is 0 Å². The fraction of sp³-hybridized carbons (Fsp3) is 0.286. The number of amides is 1. The number of carbonyl (C=O) groups is 1. The van der Waals surface area contributed by atoms with E-state index in [0.717, 1.165) is 23.9 Å². The third-order valence-corrected chi connectivity index (χ3v) is 4.45. The van der Waals surface area contributed by atoms with Crippen molar-refractivity contribution in [2.24, 2.45) is 0 Å². The molecule has 28 heavy (non-hydrogen) atoms. The highest BCUT2D eigenvalue weighted by molar-refractivity contribution is 5.92. The monoisotopic (exact) mass is 390 g/mol. The van der Waals surface area contributed by atoms with Crippen LogP contribution in [0.4, 0.5) is 18.9 Å². The Hall–Kier alpha value is -2.80. The van der Waals surface area contributed by atoms with E-state index in [1.807, 2.05) is 11.0 Å². The number of carbonyl (C=O) groups excluding carboxylic acids is 1. The molecular formula is C21H21F3N2O2. The summed E-state index contributed by atoms with van der Waals surface area (Å²) in [4.78, 5) is 14.2. The third kappa shape index (κ3) is 5.36. The second kappa shape index (κ2) is 8.93. The van der Waals surface area contributed by atoms with E-state index in [1.165, 1.54) is 24.3 Å². The molecule has 0 aliphatic carbocycles. The van der Waals surface area contributed by atoms with Gasteiger partial charge in [-0.2, -0.15) is 0 Å². The molecule has 3 rings (SSSR count). The molecule has 1 unspecified atom stereocenters. The van der Waals surface area contributed by atoms with Gasteiger partial charge in [-0.15, -0.1) is 0 Å². The number of nitrogens with one attached hydrogen (secondary N) is 1. The fourth-order valence-corrected chi connectivity index (χ4v) is 3.04. The molecule has 1 amide bonds. The first-order valence-corrected chi connectivity index (χ1v) is 8.98. The van der Waals surface area contributed by atoms with Gasteiger partial charge >= 0.3 is 0 Å². The minimum Gasteiger partial charge on any atom is -0.378 e. The van der Waals surface area contributed by atoms with Crippen LogP contribution in [-0.4, -0.2) is 32.2 Å². The van der Waals surface area contributed by atoms with Crippen molar-refractivity contribution in [3.8, 4) is 0 Å². The molecule has 1 N–H and O–H groups in total. The number of ether oxygens (including phenoxy) is 1. The molecule has 1 aliphatic heterocycles. The van der Waals surface area contributed by atoms with E-state index in [2.05, 4.69) is 5.32 Å². The molecule has 0 radical (unpaired) electrons. The predicted octanol–water partition coefficient (Wildman–Crippen LogP) is 3.83. The number of benzene rings is 2. The highest BCUT2D eigenvalue weighted by atomic mass is 19.1. The number of rotatable bonds is 5. The highest BCUT2D eigenvalue weighted by Crippen LogP contribution is 2.23. The maximum atomic E-state index is 14.1. The highest BCUT2D eigenvalue weighted by Gasteiger charge is 2.15. The second-order valence-corrected chi connectivity index (χ2v) is 6.61. The van der Waals surface area contributed by atoms with Crippen LogP contribution in [-0.2, 0) is 9.53 Å². The first kappa shape index (κ1) is 19.9. The van der Waals surface area contributed by atoms with E-state index in [1.54, 1.807) is 6.92 Å². The van der Waals surface area contributed by atoms with Gasteiger partial charge in [0.15, 0.2) is 0 Å². The summed E-state index contributed by atoms with van der Waals surface area (Å²) >= 11 is 0. The van der Waals surface area contributed by atoms with E-state index in [9.17, 15) is 18.0 Å². The Morgan fingerprint density at radius 3 is 2.36 bits per heavy atom. The van der Waals surface area contributed by atoms with E-state index >= 15 is 0 Å². The molecule has 0 bridgehead atoms. The average Bonchev–Trinajstić information content (AvgIpc) is 2.66. The van der Waals surface area contributed by atoms with Gasteiger partial charge in [-0.25, -0.2) is 13.2 Å².